The molecule has 0 bridgehead atoms. The van der Waals surface area contributed by atoms with Gasteiger partial charge in [0.15, 0.2) is 0 Å². The molecule has 0 aliphatic heterocycles. The van der Waals surface area contributed by atoms with Gasteiger partial charge in [-0.05, 0) is 88.7 Å². The van der Waals surface area contributed by atoms with Crippen molar-refractivity contribution in [1.82, 2.24) is 39.8 Å². The Morgan fingerprint density at radius 2 is 1.12 bits per heavy atom. The number of hydrogen-bond acceptors (Lipinski definition) is 15. The van der Waals surface area contributed by atoms with E-state index in [0.717, 1.165) is 39.0 Å². The molecular formula is C31H55KN8O9. The van der Waals surface area contributed by atoms with Gasteiger partial charge in [-0.1, -0.05) is 30.2 Å². The molecule has 0 atom stereocenters. The van der Waals surface area contributed by atoms with Crippen molar-refractivity contribution < 1.29 is 95.3 Å². The summed E-state index contributed by atoms with van der Waals surface area (Å²) in [6.45, 7) is 22.6. The van der Waals surface area contributed by atoms with Crippen LogP contribution in [0.2, 0.25) is 0 Å². The predicted octanol–water partition coefficient (Wildman–Crippen LogP) is -1.77. The molecule has 0 fully saturated rings. The predicted molar refractivity (Wildman–Crippen MR) is 178 cm³/mol. The molecule has 0 amide bonds. The van der Waals surface area contributed by atoms with Crippen molar-refractivity contribution in [3.8, 4) is 0 Å². The molecule has 2 rings (SSSR count). The molecule has 0 saturated heterocycles. The van der Waals surface area contributed by atoms with Crippen molar-refractivity contribution in [2.75, 3.05) is 54.5 Å². The Morgan fingerprint density at radius 3 is 1.31 bits per heavy atom. The summed E-state index contributed by atoms with van der Waals surface area (Å²) in [5.41, 5.74) is 0.839. The fraction of sp³-hybridized carbons (Fsp3) is 0.548. The quantitative estimate of drug-likeness (QED) is 0.0462. The Kier molecular flexibility index (Phi) is 44.7. The van der Waals surface area contributed by atoms with E-state index in [1.165, 1.54) is 13.8 Å². The molecule has 2 heterocycles. The average Bonchev–Trinajstić information content (AvgIpc) is 3.73. The number of carbonyl (C=O) groups excluding carboxylic acids is 4. The number of nitrogens with zero attached hydrogens (tertiary/aromatic N) is 8. The van der Waals surface area contributed by atoms with Crippen LogP contribution in [0.1, 0.15) is 47.5 Å². The maximum atomic E-state index is 10.7. The molecule has 2 aromatic heterocycles. The van der Waals surface area contributed by atoms with Gasteiger partial charge in [0.2, 0.25) is 0 Å². The maximum Gasteiger partial charge on any atom is 1.00 e. The molecule has 0 saturated carbocycles. The Morgan fingerprint density at radius 1 is 0.796 bits per heavy atom. The summed E-state index contributed by atoms with van der Waals surface area (Å²) < 4.78 is 12.6. The molecule has 1 N–H and O–H groups in total. The molecule has 274 valence electrons. The van der Waals surface area contributed by atoms with Gasteiger partial charge in [0.25, 0.3) is 6.47 Å². The van der Waals surface area contributed by atoms with E-state index in [0.29, 0.717) is 12.2 Å². The van der Waals surface area contributed by atoms with Crippen molar-refractivity contribution in [2.24, 2.45) is 0 Å². The summed E-state index contributed by atoms with van der Waals surface area (Å²) in [4.78, 5) is 47.3. The molecular weight excluding hydrogens is 667 g/mol. The molecule has 0 aromatic carbocycles. The average molecular weight is 723 g/mol. The van der Waals surface area contributed by atoms with E-state index in [2.05, 4.69) is 92.7 Å². The molecule has 0 radical (unpaired) electrons. The minimum Gasteiger partial charge on any atom is -0.662 e. The Bertz CT molecular complexity index is 1060. The topological polar surface area (TPSA) is 207 Å². The van der Waals surface area contributed by atoms with Gasteiger partial charge in [-0.2, -0.15) is 0 Å². The third-order valence-electron chi connectivity index (χ3n) is 4.47. The summed E-state index contributed by atoms with van der Waals surface area (Å²) in [6.07, 6.45) is 9.42. The van der Waals surface area contributed by atoms with Gasteiger partial charge in [0, 0.05) is 48.8 Å². The third kappa shape index (κ3) is 45.1. The Labute approximate surface area is 333 Å². The summed E-state index contributed by atoms with van der Waals surface area (Å²) in [5.74, 6) is -1.73. The van der Waals surface area contributed by atoms with Gasteiger partial charge in [0.1, 0.15) is 0 Å². The number of aryl methyl sites for hydroxylation is 2. The molecule has 2 aromatic rings. The minimum absolute atomic E-state index is 0. The normalized spacial score (nSPS) is 8.92. The third-order valence-corrected chi connectivity index (χ3v) is 4.47. The molecule has 0 unspecified atom stereocenters. The number of ether oxygens (including phenoxy) is 2. The number of aliphatic hydroxyl groups excluding tert-OH is 1. The molecule has 0 aliphatic rings. The molecule has 18 heteroatoms. The zero-order valence-electron chi connectivity index (χ0n) is 31.0. The second-order valence-electron chi connectivity index (χ2n) is 9.89. The first-order valence-electron chi connectivity index (χ1n) is 14.7. The fourth-order valence-electron chi connectivity index (χ4n) is 2.31. The van der Waals surface area contributed by atoms with Crippen LogP contribution < -0.4 is 56.6 Å². The van der Waals surface area contributed by atoms with E-state index in [-0.39, 0.29) is 81.6 Å². The first-order valence-corrected chi connectivity index (χ1v) is 14.7. The van der Waals surface area contributed by atoms with Crippen molar-refractivity contribution in [3.05, 3.63) is 61.2 Å². The van der Waals surface area contributed by atoms with Crippen LogP contribution in [0, 0.1) is 0 Å². The summed E-state index contributed by atoms with van der Waals surface area (Å²) in [5, 5.41) is 31.2. The Balaban J connectivity index is -0.000000165. The summed E-state index contributed by atoms with van der Waals surface area (Å²) in [7, 11) is 8.28. The van der Waals surface area contributed by atoms with Crippen LogP contribution in [0.3, 0.4) is 0 Å². The van der Waals surface area contributed by atoms with Gasteiger partial charge in [0.05, 0.1) is 19.0 Å². The Hall–Kier alpha value is -2.94. The van der Waals surface area contributed by atoms with Crippen LogP contribution in [-0.4, -0.2) is 124 Å². The molecule has 17 nitrogen and oxygen atoms in total. The largest absolute Gasteiger partial charge is 1.00 e. The number of esters is 3. The number of hydrogen-bond donors (Lipinski definition) is 1. The second-order valence-corrected chi connectivity index (χ2v) is 9.89. The van der Waals surface area contributed by atoms with Crippen LogP contribution in [0.25, 0.3) is 0 Å². The van der Waals surface area contributed by atoms with E-state index in [1.54, 1.807) is 33.2 Å². The van der Waals surface area contributed by atoms with Crippen molar-refractivity contribution in [3.63, 3.8) is 0 Å². The van der Waals surface area contributed by atoms with Gasteiger partial charge < -0.3 is 34.5 Å². The van der Waals surface area contributed by atoms with Gasteiger partial charge in [-0.3, -0.25) is 14.2 Å². The molecule has 0 aliphatic carbocycles. The van der Waals surface area contributed by atoms with Gasteiger partial charge in [-0.25, -0.2) is 14.4 Å². The van der Waals surface area contributed by atoms with Crippen molar-refractivity contribution in [2.45, 2.75) is 60.5 Å². The SMILES string of the molecule is C=C(C)C(=O)OC(=O)C(=C)C.C=C(C)C(=O)OCC.CCO.CN(C)CCCn1ccnn1.CN(C)CCCn1ccnn1.O=CO[O-].[K+]. The van der Waals surface area contributed by atoms with E-state index >= 15 is 0 Å². The molecule has 0 spiro atoms. The van der Waals surface area contributed by atoms with Crippen LogP contribution in [0.5, 0.6) is 0 Å². The van der Waals surface area contributed by atoms with E-state index in [4.69, 9.17) is 15.2 Å². The van der Waals surface area contributed by atoms with E-state index in [9.17, 15) is 14.4 Å². The van der Waals surface area contributed by atoms with Gasteiger partial charge in [-0.15, -0.1) is 10.2 Å². The first-order chi connectivity index (χ1) is 22.5. The molecule has 49 heavy (non-hydrogen) atoms. The first kappa shape index (κ1) is 55.5. The number of rotatable bonds is 13. The van der Waals surface area contributed by atoms with Crippen molar-refractivity contribution >= 4 is 24.4 Å². The zero-order valence-corrected chi connectivity index (χ0v) is 34.1. The monoisotopic (exact) mass is 722 g/mol. The number of aromatic nitrogens is 6. The zero-order chi connectivity index (χ0) is 37.9. The smallest absolute Gasteiger partial charge is 0.662 e. The van der Waals surface area contributed by atoms with Crippen LogP contribution in [0.15, 0.2) is 61.2 Å². The van der Waals surface area contributed by atoms with E-state index in [1.807, 2.05) is 21.8 Å². The number of carbonyl (C=O) groups is 4. The van der Waals surface area contributed by atoms with E-state index < -0.39 is 11.9 Å². The second kappa shape index (κ2) is 39.5. The minimum atomic E-state index is -0.710. The maximum absolute atomic E-state index is 10.7. The van der Waals surface area contributed by atoms with Gasteiger partial charge >= 0.3 is 69.3 Å². The van der Waals surface area contributed by atoms with Crippen LogP contribution >= 0.6 is 0 Å². The summed E-state index contributed by atoms with van der Waals surface area (Å²) in [6, 6.07) is 0. The standard InChI is InChI=1S/C8H10O3.2C7H14N4.C6H10O2.C2H6O.CH2O3.K/c1-5(2)7(9)11-8(10)6(3)4;2*1-10(2)5-3-6-11-7-4-8-9-11;1-4-8-6(7)5(2)3;1-2-3;2-1-4-3;/h1,3H2,2,4H3;2*4,7H,3,5-6H2,1-2H3;2,4H2,1,3H3;3H,2H2,1H3;1,3H;/q;;;;;;+1/p-1. The van der Waals surface area contributed by atoms with Crippen molar-refractivity contribution in [1.29, 1.82) is 0 Å². The number of aliphatic hydroxyl groups is 1. The fourth-order valence-corrected chi connectivity index (χ4v) is 2.31. The van der Waals surface area contributed by atoms with Crippen LogP contribution in [-0.2, 0) is 46.6 Å². The van der Waals surface area contributed by atoms with Crippen LogP contribution in [0.4, 0.5) is 0 Å². The summed E-state index contributed by atoms with van der Waals surface area (Å²) >= 11 is 0.